The molecular weight excluding hydrogens is 210 g/mol. The van der Waals surface area contributed by atoms with Crippen molar-refractivity contribution >= 4 is 17.3 Å². The molecule has 1 heterocycles. The van der Waals surface area contributed by atoms with E-state index in [1.165, 1.54) is 12.8 Å². The van der Waals surface area contributed by atoms with Crippen LogP contribution in [0.15, 0.2) is 0 Å². The summed E-state index contributed by atoms with van der Waals surface area (Å²) in [5.74, 6) is 0. The first kappa shape index (κ1) is 11.1. The first-order chi connectivity index (χ1) is 7.29. The van der Waals surface area contributed by atoms with Crippen molar-refractivity contribution in [1.29, 1.82) is 0 Å². The number of rotatable bonds is 3. The second kappa shape index (κ2) is 5.09. The van der Waals surface area contributed by atoms with E-state index in [0.717, 1.165) is 37.8 Å². The first-order valence-corrected chi connectivity index (χ1v) is 6.09. The van der Waals surface area contributed by atoms with Gasteiger partial charge in [-0.05, 0) is 25.1 Å². The van der Waals surface area contributed by atoms with Crippen LogP contribution in [0.2, 0.25) is 0 Å². The first-order valence-electron chi connectivity index (χ1n) is 5.68. The lowest BCUT2D eigenvalue weighted by molar-refractivity contribution is 0.146. The minimum absolute atomic E-state index is 0.255. The zero-order chi connectivity index (χ0) is 10.7. The van der Waals surface area contributed by atoms with Crippen LogP contribution in [0.1, 0.15) is 12.8 Å². The van der Waals surface area contributed by atoms with Crippen LogP contribution in [0, 0.1) is 0 Å². The summed E-state index contributed by atoms with van der Waals surface area (Å²) in [7, 11) is 0. The van der Waals surface area contributed by atoms with E-state index in [1.807, 2.05) is 0 Å². The highest BCUT2D eigenvalue weighted by molar-refractivity contribution is 7.80. The molecule has 0 atom stereocenters. The highest BCUT2D eigenvalue weighted by atomic mass is 32.1. The third-order valence-electron chi connectivity index (χ3n) is 2.98. The standard InChI is InChI=1S/C10H19N3OS/c14-8-7-12-3-5-13(6-4-12)10(15)11-9-1-2-9/h9,14H,1-8H2,(H,11,15). The molecule has 0 aromatic heterocycles. The number of β-amino-alcohol motifs (C(OH)–C–C–N with tert-alkyl or cyclic N) is 1. The zero-order valence-electron chi connectivity index (χ0n) is 8.98. The number of thiocarbonyl (C=S) groups is 1. The number of nitrogens with one attached hydrogen (secondary N) is 1. The highest BCUT2D eigenvalue weighted by Gasteiger charge is 2.25. The monoisotopic (exact) mass is 229 g/mol. The second-order valence-corrected chi connectivity index (χ2v) is 4.66. The van der Waals surface area contributed by atoms with Gasteiger partial charge in [0.25, 0.3) is 0 Å². The van der Waals surface area contributed by atoms with Crippen LogP contribution in [0.25, 0.3) is 0 Å². The van der Waals surface area contributed by atoms with Gasteiger partial charge < -0.3 is 15.3 Å². The highest BCUT2D eigenvalue weighted by Crippen LogP contribution is 2.19. The molecule has 2 fully saturated rings. The van der Waals surface area contributed by atoms with Gasteiger partial charge in [-0.25, -0.2) is 0 Å². The Hall–Kier alpha value is -0.390. The summed E-state index contributed by atoms with van der Waals surface area (Å²) in [4.78, 5) is 4.51. The summed E-state index contributed by atoms with van der Waals surface area (Å²) >= 11 is 5.34. The van der Waals surface area contributed by atoms with E-state index in [9.17, 15) is 0 Å². The molecule has 2 aliphatic rings. The summed E-state index contributed by atoms with van der Waals surface area (Å²) in [6, 6.07) is 0.646. The van der Waals surface area contributed by atoms with E-state index in [4.69, 9.17) is 17.3 Å². The van der Waals surface area contributed by atoms with Gasteiger partial charge in [-0.1, -0.05) is 0 Å². The van der Waals surface area contributed by atoms with Crippen molar-refractivity contribution in [1.82, 2.24) is 15.1 Å². The number of hydrogen-bond acceptors (Lipinski definition) is 3. The number of aliphatic hydroxyl groups is 1. The van der Waals surface area contributed by atoms with Crippen molar-refractivity contribution in [3.63, 3.8) is 0 Å². The van der Waals surface area contributed by atoms with Gasteiger partial charge in [0, 0.05) is 38.8 Å². The molecule has 5 heteroatoms. The zero-order valence-corrected chi connectivity index (χ0v) is 9.80. The molecule has 1 aliphatic carbocycles. The quantitative estimate of drug-likeness (QED) is 0.646. The Bertz CT molecular complexity index is 225. The van der Waals surface area contributed by atoms with E-state index in [1.54, 1.807) is 0 Å². The lowest BCUT2D eigenvalue weighted by Gasteiger charge is -2.35. The molecule has 2 rings (SSSR count). The van der Waals surface area contributed by atoms with Gasteiger partial charge >= 0.3 is 0 Å². The van der Waals surface area contributed by atoms with Gasteiger partial charge in [0.1, 0.15) is 0 Å². The Kier molecular flexibility index (Phi) is 3.77. The molecular formula is C10H19N3OS. The summed E-state index contributed by atoms with van der Waals surface area (Å²) in [5.41, 5.74) is 0. The number of nitrogens with zero attached hydrogens (tertiary/aromatic N) is 2. The summed E-state index contributed by atoms with van der Waals surface area (Å²) in [6.07, 6.45) is 2.54. The molecule has 0 spiro atoms. The predicted molar refractivity (Wildman–Crippen MR) is 63.9 cm³/mol. The van der Waals surface area contributed by atoms with Crippen LogP contribution in [-0.4, -0.2) is 65.4 Å². The molecule has 0 bridgehead atoms. The average molecular weight is 229 g/mol. The second-order valence-electron chi connectivity index (χ2n) is 4.28. The number of piperazine rings is 1. The molecule has 2 N–H and O–H groups in total. The van der Waals surface area contributed by atoms with Gasteiger partial charge in [0.05, 0.1) is 6.61 Å². The molecule has 0 radical (unpaired) electrons. The van der Waals surface area contributed by atoms with Crippen molar-refractivity contribution in [2.45, 2.75) is 18.9 Å². The molecule has 86 valence electrons. The lowest BCUT2D eigenvalue weighted by atomic mass is 10.3. The Labute approximate surface area is 96.2 Å². The van der Waals surface area contributed by atoms with Gasteiger partial charge in [-0.3, -0.25) is 4.90 Å². The van der Waals surface area contributed by atoms with Crippen LogP contribution in [0.3, 0.4) is 0 Å². The summed E-state index contributed by atoms with van der Waals surface area (Å²) in [6.45, 7) is 5.03. The molecule has 0 unspecified atom stereocenters. The Morgan fingerprint density at radius 2 is 1.93 bits per heavy atom. The van der Waals surface area contributed by atoms with Crippen LogP contribution in [0.5, 0.6) is 0 Å². The minimum Gasteiger partial charge on any atom is -0.395 e. The largest absolute Gasteiger partial charge is 0.395 e. The molecule has 1 saturated heterocycles. The van der Waals surface area contributed by atoms with Crippen LogP contribution in [-0.2, 0) is 0 Å². The predicted octanol–water partition coefficient (Wildman–Crippen LogP) is -0.367. The molecule has 4 nitrogen and oxygen atoms in total. The number of aliphatic hydroxyl groups excluding tert-OH is 1. The van der Waals surface area contributed by atoms with Gasteiger partial charge in [0.15, 0.2) is 5.11 Å². The fraction of sp³-hybridized carbons (Fsp3) is 0.900. The Morgan fingerprint density at radius 3 is 2.47 bits per heavy atom. The van der Waals surface area contributed by atoms with Crippen molar-refractivity contribution in [2.24, 2.45) is 0 Å². The number of hydrogen-bond donors (Lipinski definition) is 2. The van der Waals surface area contributed by atoms with Crippen LogP contribution < -0.4 is 5.32 Å². The van der Waals surface area contributed by atoms with Crippen molar-refractivity contribution < 1.29 is 5.11 Å². The smallest absolute Gasteiger partial charge is 0.169 e. The lowest BCUT2D eigenvalue weighted by Crippen LogP contribution is -2.52. The molecule has 0 amide bonds. The van der Waals surface area contributed by atoms with E-state index >= 15 is 0 Å². The third kappa shape index (κ3) is 3.29. The van der Waals surface area contributed by atoms with Gasteiger partial charge in [0.2, 0.25) is 0 Å². The maximum Gasteiger partial charge on any atom is 0.169 e. The molecule has 1 saturated carbocycles. The SMILES string of the molecule is OCCN1CCN(C(=S)NC2CC2)CC1. The molecule has 15 heavy (non-hydrogen) atoms. The maximum atomic E-state index is 8.83. The van der Waals surface area contributed by atoms with E-state index in [0.29, 0.717) is 6.04 Å². The Morgan fingerprint density at radius 1 is 1.27 bits per heavy atom. The molecule has 0 aromatic carbocycles. The molecule has 1 aliphatic heterocycles. The van der Waals surface area contributed by atoms with Gasteiger partial charge in [-0.2, -0.15) is 0 Å². The van der Waals surface area contributed by atoms with E-state index in [2.05, 4.69) is 15.1 Å². The summed E-state index contributed by atoms with van der Waals surface area (Å²) in [5, 5.41) is 13.1. The van der Waals surface area contributed by atoms with Crippen molar-refractivity contribution in [2.75, 3.05) is 39.3 Å². The minimum atomic E-state index is 0.255. The normalized spacial score (nSPS) is 22.9. The van der Waals surface area contributed by atoms with Gasteiger partial charge in [-0.15, -0.1) is 0 Å². The fourth-order valence-corrected chi connectivity index (χ4v) is 2.16. The molecule has 0 aromatic rings. The average Bonchev–Trinajstić information content (AvgIpc) is 3.03. The van der Waals surface area contributed by atoms with E-state index < -0.39 is 0 Å². The Balaban J connectivity index is 1.69. The van der Waals surface area contributed by atoms with E-state index in [-0.39, 0.29) is 6.61 Å². The van der Waals surface area contributed by atoms with Crippen molar-refractivity contribution in [3.8, 4) is 0 Å². The fourth-order valence-electron chi connectivity index (χ4n) is 1.81. The van der Waals surface area contributed by atoms with Crippen LogP contribution >= 0.6 is 12.2 Å². The maximum absolute atomic E-state index is 8.83. The van der Waals surface area contributed by atoms with Crippen LogP contribution in [0.4, 0.5) is 0 Å². The third-order valence-corrected chi connectivity index (χ3v) is 3.36. The van der Waals surface area contributed by atoms with Crippen molar-refractivity contribution in [3.05, 3.63) is 0 Å². The topological polar surface area (TPSA) is 38.7 Å². The summed E-state index contributed by atoms with van der Waals surface area (Å²) < 4.78 is 0.